The van der Waals surface area contributed by atoms with Crippen LogP contribution in [-0.4, -0.2) is 26.9 Å². The maximum atomic E-state index is 13.8. The summed E-state index contributed by atoms with van der Waals surface area (Å²) in [5, 5.41) is 8.91. The molecule has 0 spiro atoms. The fourth-order valence-electron chi connectivity index (χ4n) is 2.14. The third-order valence-corrected chi connectivity index (χ3v) is 3.06. The smallest absolute Gasteiger partial charge is 0.349 e. The van der Waals surface area contributed by atoms with Crippen molar-refractivity contribution in [2.75, 3.05) is 12.3 Å². The van der Waals surface area contributed by atoms with Gasteiger partial charge in [-0.2, -0.15) is 4.98 Å². The SMILES string of the molecule is Nc1ccn(C2CCC(F)(CO)C2)c(=O)n1. The molecule has 0 bridgehead atoms. The highest BCUT2D eigenvalue weighted by Crippen LogP contribution is 2.39. The van der Waals surface area contributed by atoms with Gasteiger partial charge in [0.25, 0.3) is 0 Å². The number of alkyl halides is 1. The van der Waals surface area contributed by atoms with Gasteiger partial charge in [0, 0.05) is 18.7 Å². The Morgan fingerprint density at radius 3 is 3.06 bits per heavy atom. The molecule has 3 N–H and O–H groups in total. The number of nitrogens with two attached hydrogens (primary N) is 1. The van der Waals surface area contributed by atoms with E-state index in [2.05, 4.69) is 4.98 Å². The van der Waals surface area contributed by atoms with E-state index in [1.54, 1.807) is 0 Å². The predicted octanol–water partition coefficient (Wildman–Crippen LogP) is 0.251. The summed E-state index contributed by atoms with van der Waals surface area (Å²) in [7, 11) is 0. The quantitative estimate of drug-likeness (QED) is 0.759. The molecule has 1 fully saturated rings. The van der Waals surface area contributed by atoms with Gasteiger partial charge in [-0.15, -0.1) is 0 Å². The molecule has 0 amide bonds. The fraction of sp³-hybridized carbons (Fsp3) is 0.600. The third-order valence-electron chi connectivity index (χ3n) is 3.06. The summed E-state index contributed by atoms with van der Waals surface area (Å²) in [6.07, 6.45) is 2.47. The highest BCUT2D eigenvalue weighted by molar-refractivity contribution is 5.23. The number of aliphatic hydroxyl groups is 1. The van der Waals surface area contributed by atoms with Crippen LogP contribution in [0.15, 0.2) is 17.1 Å². The standard InChI is InChI=1S/C10H14FN3O2/c11-10(6-15)3-1-7(5-10)14-4-2-8(12)13-9(14)16/h2,4,7,15H,1,3,5-6H2,(H2,12,13,16). The normalized spacial score (nSPS) is 29.5. The molecule has 88 valence electrons. The third kappa shape index (κ3) is 1.92. The molecular weight excluding hydrogens is 213 g/mol. The topological polar surface area (TPSA) is 81.1 Å². The first-order valence-corrected chi connectivity index (χ1v) is 5.18. The molecule has 1 saturated carbocycles. The summed E-state index contributed by atoms with van der Waals surface area (Å²) in [6.45, 7) is -0.499. The molecule has 1 heterocycles. The maximum absolute atomic E-state index is 13.8. The van der Waals surface area contributed by atoms with Gasteiger partial charge < -0.3 is 10.8 Å². The Bertz CT molecular complexity index is 448. The largest absolute Gasteiger partial charge is 0.393 e. The molecule has 0 saturated heterocycles. The Labute approximate surface area is 91.7 Å². The van der Waals surface area contributed by atoms with Crippen LogP contribution in [0.2, 0.25) is 0 Å². The van der Waals surface area contributed by atoms with Crippen LogP contribution in [0.3, 0.4) is 0 Å². The first-order chi connectivity index (χ1) is 7.54. The lowest BCUT2D eigenvalue weighted by molar-refractivity contribution is 0.0738. The van der Waals surface area contributed by atoms with Crippen molar-refractivity contribution in [3.8, 4) is 0 Å². The molecule has 2 unspecified atom stereocenters. The molecule has 2 atom stereocenters. The average Bonchev–Trinajstić information content (AvgIpc) is 2.62. The van der Waals surface area contributed by atoms with Gasteiger partial charge >= 0.3 is 5.69 Å². The van der Waals surface area contributed by atoms with Crippen molar-refractivity contribution >= 4 is 5.82 Å². The molecule has 2 rings (SSSR count). The molecule has 5 nitrogen and oxygen atoms in total. The molecule has 0 aromatic carbocycles. The Morgan fingerprint density at radius 1 is 1.75 bits per heavy atom. The number of aromatic nitrogens is 2. The minimum atomic E-state index is -1.56. The van der Waals surface area contributed by atoms with Crippen molar-refractivity contribution < 1.29 is 9.50 Å². The molecule has 1 aliphatic carbocycles. The lowest BCUT2D eigenvalue weighted by Crippen LogP contribution is -2.29. The summed E-state index contributed by atoms with van der Waals surface area (Å²) in [5.74, 6) is 0.160. The summed E-state index contributed by atoms with van der Waals surface area (Å²) < 4.78 is 15.2. The van der Waals surface area contributed by atoms with Crippen molar-refractivity contribution in [1.29, 1.82) is 0 Å². The van der Waals surface area contributed by atoms with Gasteiger partial charge in [-0.3, -0.25) is 4.57 Å². The van der Waals surface area contributed by atoms with E-state index >= 15 is 0 Å². The van der Waals surface area contributed by atoms with E-state index in [4.69, 9.17) is 10.8 Å². The number of hydrogen-bond acceptors (Lipinski definition) is 4. The molecule has 0 aliphatic heterocycles. The zero-order valence-electron chi connectivity index (χ0n) is 8.77. The first kappa shape index (κ1) is 11.1. The number of rotatable bonds is 2. The van der Waals surface area contributed by atoms with Crippen molar-refractivity contribution in [2.45, 2.75) is 31.0 Å². The van der Waals surface area contributed by atoms with E-state index in [1.165, 1.54) is 16.8 Å². The predicted molar refractivity (Wildman–Crippen MR) is 56.7 cm³/mol. The number of hydrogen-bond donors (Lipinski definition) is 2. The summed E-state index contributed by atoms with van der Waals surface area (Å²) in [5.41, 5.74) is 3.34. The van der Waals surface area contributed by atoms with Gasteiger partial charge in [0.1, 0.15) is 11.5 Å². The summed E-state index contributed by atoms with van der Waals surface area (Å²) >= 11 is 0. The summed E-state index contributed by atoms with van der Waals surface area (Å²) in [4.78, 5) is 15.1. The van der Waals surface area contributed by atoms with Crippen molar-refractivity contribution in [3.05, 3.63) is 22.7 Å². The molecule has 1 aromatic rings. The van der Waals surface area contributed by atoms with Crippen molar-refractivity contribution in [3.63, 3.8) is 0 Å². The number of nitrogens with zero attached hydrogens (tertiary/aromatic N) is 2. The molecule has 6 heteroatoms. The second-order valence-electron chi connectivity index (χ2n) is 4.25. The Hall–Kier alpha value is -1.43. The van der Waals surface area contributed by atoms with Crippen LogP contribution in [-0.2, 0) is 0 Å². The van der Waals surface area contributed by atoms with Crippen LogP contribution >= 0.6 is 0 Å². The van der Waals surface area contributed by atoms with E-state index < -0.39 is 18.0 Å². The molecule has 1 aromatic heterocycles. The second-order valence-corrected chi connectivity index (χ2v) is 4.25. The minimum Gasteiger partial charge on any atom is -0.393 e. The number of anilines is 1. The van der Waals surface area contributed by atoms with Gasteiger partial charge in [0.2, 0.25) is 0 Å². The molecular formula is C10H14FN3O2. The van der Waals surface area contributed by atoms with Gasteiger partial charge in [0.15, 0.2) is 0 Å². The molecule has 16 heavy (non-hydrogen) atoms. The molecule has 1 aliphatic rings. The van der Waals surface area contributed by atoms with E-state index in [-0.39, 0.29) is 24.7 Å². The van der Waals surface area contributed by atoms with Gasteiger partial charge in [-0.1, -0.05) is 0 Å². The van der Waals surface area contributed by atoms with Gasteiger partial charge in [-0.05, 0) is 18.9 Å². The zero-order chi connectivity index (χ0) is 11.8. The van der Waals surface area contributed by atoms with Crippen LogP contribution in [0, 0.1) is 0 Å². The number of nitrogen functional groups attached to an aromatic ring is 1. The van der Waals surface area contributed by atoms with E-state index in [0.29, 0.717) is 6.42 Å². The Balaban J connectivity index is 2.24. The molecule has 0 radical (unpaired) electrons. The van der Waals surface area contributed by atoms with Gasteiger partial charge in [-0.25, -0.2) is 9.18 Å². The van der Waals surface area contributed by atoms with Crippen molar-refractivity contribution in [2.24, 2.45) is 0 Å². The Morgan fingerprint density at radius 2 is 2.50 bits per heavy atom. The lowest BCUT2D eigenvalue weighted by Gasteiger charge is -2.17. The Kier molecular flexibility index (Phi) is 2.67. The fourth-order valence-corrected chi connectivity index (χ4v) is 2.14. The maximum Gasteiger partial charge on any atom is 0.349 e. The monoisotopic (exact) mass is 227 g/mol. The zero-order valence-corrected chi connectivity index (χ0v) is 8.77. The highest BCUT2D eigenvalue weighted by Gasteiger charge is 2.39. The van der Waals surface area contributed by atoms with Gasteiger partial charge in [0.05, 0.1) is 6.61 Å². The highest BCUT2D eigenvalue weighted by atomic mass is 19.1. The van der Waals surface area contributed by atoms with Crippen LogP contribution in [0.5, 0.6) is 0 Å². The number of aliphatic hydroxyl groups excluding tert-OH is 1. The second kappa shape index (κ2) is 3.86. The van der Waals surface area contributed by atoms with Crippen LogP contribution in [0.25, 0.3) is 0 Å². The minimum absolute atomic E-state index is 0.148. The van der Waals surface area contributed by atoms with E-state index in [1.807, 2.05) is 0 Å². The van der Waals surface area contributed by atoms with Crippen LogP contribution in [0.1, 0.15) is 25.3 Å². The van der Waals surface area contributed by atoms with Crippen LogP contribution < -0.4 is 11.4 Å². The van der Waals surface area contributed by atoms with E-state index in [9.17, 15) is 9.18 Å². The first-order valence-electron chi connectivity index (χ1n) is 5.18. The average molecular weight is 227 g/mol. The van der Waals surface area contributed by atoms with Crippen molar-refractivity contribution in [1.82, 2.24) is 9.55 Å². The lowest BCUT2D eigenvalue weighted by atomic mass is 10.1. The summed E-state index contributed by atoms with van der Waals surface area (Å²) in [6, 6.07) is 1.27. The van der Waals surface area contributed by atoms with Crippen LogP contribution in [0.4, 0.5) is 10.2 Å². The van der Waals surface area contributed by atoms with E-state index in [0.717, 1.165) is 0 Å². The number of halogens is 1.